The Hall–Kier alpha value is -2.07. The lowest BCUT2D eigenvalue weighted by Crippen LogP contribution is -2.39. The van der Waals surface area contributed by atoms with E-state index in [1.165, 1.54) is 24.3 Å². The maximum Gasteiger partial charge on any atom is 0.470 e. The number of phosphoric ester groups is 1. The second kappa shape index (κ2) is 6.39. The van der Waals surface area contributed by atoms with Gasteiger partial charge in [0.2, 0.25) is 10.1 Å². The molecule has 0 heterocycles. The Morgan fingerprint density at radius 3 is 2.10 bits per heavy atom. The summed E-state index contributed by atoms with van der Waals surface area (Å²) in [5.74, 6) is 0. The quantitative estimate of drug-likeness (QED) is 0.416. The molecule has 1 aromatic rings. The Kier molecular flexibility index (Phi) is 5.11. The molecule has 0 aliphatic carbocycles. The van der Waals surface area contributed by atoms with Crippen LogP contribution in [0, 0.1) is 20.2 Å². The van der Waals surface area contributed by atoms with Gasteiger partial charge in [-0.05, 0) is 5.56 Å². The second-order valence-corrected chi connectivity index (χ2v) is 4.72. The Morgan fingerprint density at radius 2 is 1.70 bits per heavy atom. The first-order chi connectivity index (χ1) is 9.20. The van der Waals surface area contributed by atoms with Crippen LogP contribution in [-0.4, -0.2) is 31.5 Å². The third kappa shape index (κ3) is 4.90. The van der Waals surface area contributed by atoms with Crippen LogP contribution in [0.4, 0.5) is 0 Å². The maximum absolute atomic E-state index is 10.9. The van der Waals surface area contributed by atoms with Crippen LogP contribution in [-0.2, 0) is 9.09 Å². The van der Waals surface area contributed by atoms with Gasteiger partial charge in [-0.3, -0.25) is 4.52 Å². The predicted octanol–water partition coefficient (Wildman–Crippen LogP) is 0.522. The lowest BCUT2D eigenvalue weighted by molar-refractivity contribution is -0.908. The predicted molar refractivity (Wildman–Crippen MR) is 63.0 cm³/mol. The summed E-state index contributed by atoms with van der Waals surface area (Å²) in [6.45, 7) is -0.963. The van der Waals surface area contributed by atoms with Crippen molar-refractivity contribution in [1.29, 1.82) is 0 Å². The molecule has 1 atom stereocenters. The van der Waals surface area contributed by atoms with Gasteiger partial charge in [0.1, 0.15) is 6.10 Å². The van der Waals surface area contributed by atoms with Crippen molar-refractivity contribution >= 4 is 7.82 Å². The highest BCUT2D eigenvalue weighted by atomic mass is 31.2. The molecule has 1 rings (SSSR count). The third-order valence-electron chi connectivity index (χ3n) is 2.14. The zero-order chi connectivity index (χ0) is 15.3. The summed E-state index contributed by atoms with van der Waals surface area (Å²) in [5.41, 5.74) is 0.157. The van der Waals surface area contributed by atoms with Crippen LogP contribution in [0.5, 0.6) is 0 Å². The maximum atomic E-state index is 10.9. The van der Waals surface area contributed by atoms with E-state index in [1.54, 1.807) is 6.07 Å². The minimum atomic E-state index is -4.98. The highest BCUT2D eigenvalue weighted by Gasteiger charge is 2.35. The van der Waals surface area contributed by atoms with E-state index in [0.29, 0.717) is 0 Å². The van der Waals surface area contributed by atoms with Gasteiger partial charge in [0.15, 0.2) is 11.7 Å². The van der Waals surface area contributed by atoms with Gasteiger partial charge in [-0.25, -0.2) is 24.8 Å². The van der Waals surface area contributed by atoms with Crippen LogP contribution in [0.25, 0.3) is 0 Å². The van der Waals surface area contributed by atoms with Crippen LogP contribution in [0.2, 0.25) is 0 Å². The van der Waals surface area contributed by atoms with Crippen molar-refractivity contribution < 1.29 is 28.9 Å². The van der Waals surface area contributed by atoms with Crippen molar-refractivity contribution in [3.8, 4) is 0 Å². The highest BCUT2D eigenvalue weighted by molar-refractivity contribution is 7.46. The van der Waals surface area contributed by atoms with Crippen molar-refractivity contribution in [2.75, 3.05) is 6.54 Å². The molecule has 0 radical (unpaired) electrons. The SMILES string of the molecule is O=[N+]([O-])N(CC(OP(=O)(O)O)c1ccccc1)[N+](=O)[O-]. The molecule has 0 spiro atoms. The lowest BCUT2D eigenvalue weighted by Gasteiger charge is -2.17. The van der Waals surface area contributed by atoms with Gasteiger partial charge in [0.05, 0.1) is 0 Å². The largest absolute Gasteiger partial charge is 0.470 e. The van der Waals surface area contributed by atoms with Crippen molar-refractivity contribution in [1.82, 2.24) is 5.12 Å². The topological polar surface area (TPSA) is 156 Å². The van der Waals surface area contributed by atoms with Gasteiger partial charge in [-0.1, -0.05) is 30.3 Å². The average Bonchev–Trinajstić information content (AvgIpc) is 2.33. The number of phosphoric acid groups is 1. The molecule has 20 heavy (non-hydrogen) atoms. The Morgan fingerprint density at radius 1 is 1.20 bits per heavy atom. The number of benzene rings is 1. The first-order valence-corrected chi connectivity index (χ1v) is 6.59. The first kappa shape index (κ1) is 16.0. The van der Waals surface area contributed by atoms with Crippen molar-refractivity contribution in [2.45, 2.75) is 6.10 Å². The standard InChI is InChI=1S/C8H10N3O8P/c12-10(13)9(11(14)15)6-8(19-20(16,17)18)7-4-2-1-3-5-7/h1-5,8H,6H2,(H2,16,17,18). The van der Waals surface area contributed by atoms with Crippen LogP contribution < -0.4 is 0 Å². The average molecular weight is 307 g/mol. The van der Waals surface area contributed by atoms with Gasteiger partial charge in [-0.15, -0.1) is 0 Å². The minimum absolute atomic E-state index is 0.157. The Bertz CT molecular complexity index is 518. The summed E-state index contributed by atoms with van der Waals surface area (Å²) in [5, 5.41) is 18.0. The van der Waals surface area contributed by atoms with Gasteiger partial charge < -0.3 is 9.79 Å². The number of nitro groups is 2. The molecule has 0 aliphatic heterocycles. The van der Waals surface area contributed by atoms with Gasteiger partial charge in [0.25, 0.3) is 0 Å². The van der Waals surface area contributed by atoms with Gasteiger partial charge in [0, 0.05) is 0 Å². The molecule has 1 unspecified atom stereocenters. The summed E-state index contributed by atoms with van der Waals surface area (Å²) in [4.78, 5) is 38.6. The summed E-state index contributed by atoms with van der Waals surface area (Å²) in [6, 6.07) is 7.33. The van der Waals surface area contributed by atoms with Crippen LogP contribution >= 0.6 is 7.82 Å². The minimum Gasteiger partial charge on any atom is -0.303 e. The number of rotatable bonds is 7. The normalized spacial score (nSPS) is 12.7. The van der Waals surface area contributed by atoms with Crippen LogP contribution in [0.1, 0.15) is 11.7 Å². The molecule has 0 saturated carbocycles. The molecule has 2 N–H and O–H groups in total. The molecule has 0 aliphatic rings. The molecule has 1 aromatic carbocycles. The number of hydrogen-bond donors (Lipinski definition) is 2. The van der Waals surface area contributed by atoms with Crippen molar-refractivity contribution in [2.24, 2.45) is 0 Å². The zero-order valence-electron chi connectivity index (χ0n) is 9.80. The highest BCUT2D eigenvalue weighted by Crippen LogP contribution is 2.42. The fourth-order valence-electron chi connectivity index (χ4n) is 1.37. The molecule has 110 valence electrons. The van der Waals surface area contributed by atoms with E-state index >= 15 is 0 Å². The van der Waals surface area contributed by atoms with Crippen LogP contribution in [0.15, 0.2) is 30.3 Å². The van der Waals surface area contributed by atoms with E-state index in [-0.39, 0.29) is 5.56 Å². The summed E-state index contributed by atoms with van der Waals surface area (Å²) < 4.78 is 15.2. The zero-order valence-corrected chi connectivity index (χ0v) is 10.7. The number of hydrogen-bond acceptors (Lipinski definition) is 6. The van der Waals surface area contributed by atoms with Crippen LogP contribution in [0.3, 0.4) is 0 Å². The first-order valence-electron chi connectivity index (χ1n) is 5.05. The molecular weight excluding hydrogens is 297 g/mol. The van der Waals surface area contributed by atoms with E-state index in [2.05, 4.69) is 4.52 Å². The molecular formula is C8H10N3O8P. The number of hydrazine groups is 2. The van der Waals surface area contributed by atoms with E-state index in [1.807, 2.05) is 0 Å². The van der Waals surface area contributed by atoms with Crippen molar-refractivity contribution in [3.05, 3.63) is 56.1 Å². The summed E-state index contributed by atoms with van der Waals surface area (Å²) in [7, 11) is -4.98. The second-order valence-electron chi connectivity index (χ2n) is 3.53. The smallest absolute Gasteiger partial charge is 0.303 e. The molecule has 0 aromatic heterocycles. The third-order valence-corrected chi connectivity index (χ3v) is 2.67. The number of nitrogens with zero attached hydrogens (tertiary/aromatic N) is 3. The van der Waals surface area contributed by atoms with Crippen molar-refractivity contribution in [3.63, 3.8) is 0 Å². The molecule has 0 fully saturated rings. The van der Waals surface area contributed by atoms with E-state index in [0.717, 1.165) is 0 Å². The van der Waals surface area contributed by atoms with Gasteiger partial charge >= 0.3 is 7.82 Å². The molecule has 0 saturated heterocycles. The molecule has 0 bridgehead atoms. The van der Waals surface area contributed by atoms with E-state index in [9.17, 15) is 24.8 Å². The Labute approximate surface area is 111 Å². The molecule has 0 amide bonds. The lowest BCUT2D eigenvalue weighted by atomic mass is 10.1. The van der Waals surface area contributed by atoms with Gasteiger partial charge in [-0.2, -0.15) is 0 Å². The van der Waals surface area contributed by atoms with E-state index < -0.39 is 35.7 Å². The molecule has 11 nitrogen and oxygen atoms in total. The van der Waals surface area contributed by atoms with E-state index in [4.69, 9.17) is 9.79 Å². The Balaban J connectivity index is 3.02. The summed E-state index contributed by atoms with van der Waals surface area (Å²) >= 11 is 0. The molecule has 12 heteroatoms. The fourth-order valence-corrected chi connectivity index (χ4v) is 1.89. The fraction of sp³-hybridized carbons (Fsp3) is 0.250. The summed E-state index contributed by atoms with van der Waals surface area (Å²) in [6.07, 6.45) is -1.53. The monoisotopic (exact) mass is 307 g/mol.